The Bertz CT molecular complexity index is 445. The Labute approximate surface area is 108 Å². The van der Waals surface area contributed by atoms with Crippen LogP contribution in [0.3, 0.4) is 0 Å². The third-order valence-corrected chi connectivity index (χ3v) is 3.51. The van der Waals surface area contributed by atoms with E-state index in [9.17, 15) is 4.79 Å². The molecule has 1 unspecified atom stereocenters. The van der Waals surface area contributed by atoms with Crippen LogP contribution < -0.4 is 16.8 Å². The molecule has 5 nitrogen and oxygen atoms in total. The Morgan fingerprint density at radius 1 is 1.56 bits per heavy atom. The molecule has 1 aromatic rings. The molecule has 0 aliphatic rings. The summed E-state index contributed by atoms with van der Waals surface area (Å²) < 4.78 is 0. The van der Waals surface area contributed by atoms with E-state index >= 15 is 0 Å². The molecule has 1 heterocycles. The molecule has 0 radical (unpaired) electrons. The number of rotatable bonds is 5. The summed E-state index contributed by atoms with van der Waals surface area (Å²) in [6.45, 7) is 8.42. The molecule has 0 saturated heterocycles. The largest absolute Gasteiger partial charge is 0.365 e. The van der Waals surface area contributed by atoms with Crippen molar-refractivity contribution < 1.29 is 4.79 Å². The molecule has 0 bridgehead atoms. The lowest BCUT2D eigenvalue weighted by Crippen LogP contribution is -2.47. The minimum atomic E-state index is -0.480. The summed E-state index contributed by atoms with van der Waals surface area (Å²) in [5, 5.41) is 3.26. The summed E-state index contributed by atoms with van der Waals surface area (Å²) in [5.74, 6) is 0.320. The quantitative estimate of drug-likeness (QED) is 0.733. The summed E-state index contributed by atoms with van der Waals surface area (Å²) in [4.78, 5) is 15.7. The summed E-state index contributed by atoms with van der Waals surface area (Å²) in [6.07, 6.45) is 1.65. The molecule has 0 spiro atoms. The van der Waals surface area contributed by atoms with Gasteiger partial charge in [-0.2, -0.15) is 0 Å². The Morgan fingerprint density at radius 2 is 2.17 bits per heavy atom. The second-order valence-electron chi connectivity index (χ2n) is 5.12. The highest BCUT2D eigenvalue weighted by molar-refractivity contribution is 5.99. The molecule has 0 aliphatic heterocycles. The van der Waals surface area contributed by atoms with Crippen molar-refractivity contribution in [2.75, 3.05) is 11.9 Å². The number of carbonyl (C=O) groups is 1. The van der Waals surface area contributed by atoms with Gasteiger partial charge in [0.05, 0.1) is 11.1 Å². The van der Waals surface area contributed by atoms with E-state index < -0.39 is 5.91 Å². The molecule has 0 aliphatic carbocycles. The predicted molar refractivity (Wildman–Crippen MR) is 73.4 cm³/mol. The van der Waals surface area contributed by atoms with Crippen LogP contribution in [0.25, 0.3) is 0 Å². The van der Waals surface area contributed by atoms with Gasteiger partial charge in [-0.15, -0.1) is 0 Å². The first kappa shape index (κ1) is 14.4. The lowest BCUT2D eigenvalue weighted by molar-refractivity contribution is 0.1000. The summed E-state index contributed by atoms with van der Waals surface area (Å²) in [6, 6.07) is 1.76. The van der Waals surface area contributed by atoms with Crippen molar-refractivity contribution >= 4 is 11.7 Å². The smallest absolute Gasteiger partial charge is 0.252 e. The van der Waals surface area contributed by atoms with Crippen molar-refractivity contribution in [3.05, 3.63) is 23.4 Å². The summed E-state index contributed by atoms with van der Waals surface area (Å²) >= 11 is 0. The number of pyridine rings is 1. The van der Waals surface area contributed by atoms with Gasteiger partial charge < -0.3 is 16.8 Å². The maximum Gasteiger partial charge on any atom is 0.252 e. The van der Waals surface area contributed by atoms with Crippen molar-refractivity contribution in [3.8, 4) is 0 Å². The minimum absolute atomic E-state index is 0.297. The first-order valence-corrected chi connectivity index (χ1v) is 6.05. The van der Waals surface area contributed by atoms with Gasteiger partial charge >= 0.3 is 0 Å². The highest BCUT2D eigenvalue weighted by Crippen LogP contribution is 2.24. The van der Waals surface area contributed by atoms with Gasteiger partial charge in [-0.3, -0.25) is 4.79 Å². The van der Waals surface area contributed by atoms with Crippen molar-refractivity contribution in [2.45, 2.75) is 33.2 Å². The molecule has 1 amide bonds. The molecule has 1 rings (SSSR count). The summed E-state index contributed by atoms with van der Waals surface area (Å²) in [5.41, 5.74) is 12.1. The van der Waals surface area contributed by atoms with Crippen LogP contribution >= 0.6 is 0 Å². The van der Waals surface area contributed by atoms with Crippen LogP contribution in [0.15, 0.2) is 12.3 Å². The highest BCUT2D eigenvalue weighted by atomic mass is 16.1. The van der Waals surface area contributed by atoms with Crippen molar-refractivity contribution in [1.82, 2.24) is 4.98 Å². The average molecular weight is 250 g/mol. The number of primary amides is 1. The van der Waals surface area contributed by atoms with E-state index in [1.807, 2.05) is 13.8 Å². The third-order valence-electron chi connectivity index (χ3n) is 3.51. The highest BCUT2D eigenvalue weighted by Gasteiger charge is 2.28. The normalized spacial score (nSPS) is 14.3. The molecular formula is C13H22N4O. The predicted octanol–water partition coefficient (Wildman–Crippen LogP) is 1.27. The Hall–Kier alpha value is -1.62. The number of hydrogen-bond acceptors (Lipinski definition) is 4. The van der Waals surface area contributed by atoms with Crippen LogP contribution in [0.5, 0.6) is 0 Å². The van der Waals surface area contributed by atoms with E-state index in [4.69, 9.17) is 11.5 Å². The number of amides is 1. The Kier molecular flexibility index (Phi) is 4.29. The van der Waals surface area contributed by atoms with Crippen LogP contribution in [0.1, 0.15) is 36.7 Å². The van der Waals surface area contributed by atoms with Crippen LogP contribution in [0.2, 0.25) is 0 Å². The number of anilines is 1. The first-order valence-electron chi connectivity index (χ1n) is 6.05. The van der Waals surface area contributed by atoms with E-state index in [-0.39, 0.29) is 5.54 Å². The van der Waals surface area contributed by atoms with E-state index in [1.165, 1.54) is 0 Å². The SMILES string of the molecule is Cc1ccnc(NC(C)(CN)C(C)C)c1C(N)=O. The van der Waals surface area contributed by atoms with E-state index in [0.29, 0.717) is 23.8 Å². The molecule has 100 valence electrons. The monoisotopic (exact) mass is 250 g/mol. The van der Waals surface area contributed by atoms with Gasteiger partial charge in [-0.25, -0.2) is 4.98 Å². The number of aromatic nitrogens is 1. The van der Waals surface area contributed by atoms with Crippen LogP contribution in [0, 0.1) is 12.8 Å². The molecule has 0 saturated carbocycles. The zero-order valence-electron chi connectivity index (χ0n) is 11.4. The fourth-order valence-electron chi connectivity index (χ4n) is 1.67. The molecule has 1 atom stereocenters. The maximum absolute atomic E-state index is 11.5. The fourth-order valence-corrected chi connectivity index (χ4v) is 1.67. The molecular weight excluding hydrogens is 228 g/mol. The average Bonchev–Trinajstić information content (AvgIpc) is 2.28. The van der Waals surface area contributed by atoms with Crippen molar-refractivity contribution in [3.63, 3.8) is 0 Å². The van der Waals surface area contributed by atoms with Gasteiger partial charge in [0, 0.05) is 12.7 Å². The van der Waals surface area contributed by atoms with Gasteiger partial charge in [0.1, 0.15) is 5.82 Å². The molecule has 0 aromatic carbocycles. The number of carbonyl (C=O) groups excluding carboxylic acids is 1. The second-order valence-corrected chi connectivity index (χ2v) is 5.12. The standard InChI is InChI=1S/C13H22N4O/c1-8(2)13(4,7-14)17-12-10(11(15)18)9(3)5-6-16-12/h5-6,8H,7,14H2,1-4H3,(H2,15,18)(H,16,17). The molecule has 18 heavy (non-hydrogen) atoms. The molecule has 1 aromatic heterocycles. The van der Waals surface area contributed by atoms with Gasteiger partial charge in [-0.1, -0.05) is 13.8 Å². The number of nitrogens with one attached hydrogen (secondary N) is 1. The number of nitrogens with zero attached hydrogens (tertiary/aromatic N) is 1. The van der Waals surface area contributed by atoms with Crippen LogP contribution in [0.4, 0.5) is 5.82 Å². The van der Waals surface area contributed by atoms with E-state index in [0.717, 1.165) is 5.56 Å². The molecule has 5 heteroatoms. The van der Waals surface area contributed by atoms with Gasteiger partial charge in [0.25, 0.3) is 5.91 Å². The van der Waals surface area contributed by atoms with E-state index in [2.05, 4.69) is 24.1 Å². The number of nitrogens with two attached hydrogens (primary N) is 2. The topological polar surface area (TPSA) is 94.0 Å². The maximum atomic E-state index is 11.5. The van der Waals surface area contributed by atoms with Gasteiger partial charge in [-0.05, 0) is 31.4 Å². The first-order chi connectivity index (χ1) is 8.31. The zero-order chi connectivity index (χ0) is 13.9. The summed E-state index contributed by atoms with van der Waals surface area (Å²) in [7, 11) is 0. The number of hydrogen-bond donors (Lipinski definition) is 3. The lowest BCUT2D eigenvalue weighted by Gasteiger charge is -2.34. The zero-order valence-corrected chi connectivity index (χ0v) is 11.4. The van der Waals surface area contributed by atoms with Gasteiger partial charge in [0.15, 0.2) is 0 Å². The fraction of sp³-hybridized carbons (Fsp3) is 0.538. The minimum Gasteiger partial charge on any atom is -0.365 e. The van der Waals surface area contributed by atoms with Crippen molar-refractivity contribution in [1.29, 1.82) is 0 Å². The lowest BCUT2D eigenvalue weighted by atomic mass is 9.88. The second kappa shape index (κ2) is 5.35. The number of aryl methyl sites for hydroxylation is 1. The Balaban J connectivity index is 3.19. The molecule has 0 fully saturated rings. The van der Waals surface area contributed by atoms with Crippen molar-refractivity contribution in [2.24, 2.45) is 17.4 Å². The van der Waals surface area contributed by atoms with Gasteiger partial charge in [0.2, 0.25) is 0 Å². The third kappa shape index (κ3) is 2.79. The Morgan fingerprint density at radius 3 is 2.61 bits per heavy atom. The van der Waals surface area contributed by atoms with Crippen LogP contribution in [-0.2, 0) is 0 Å². The van der Waals surface area contributed by atoms with E-state index in [1.54, 1.807) is 12.3 Å². The van der Waals surface area contributed by atoms with Crippen LogP contribution in [-0.4, -0.2) is 23.0 Å². The molecule has 5 N–H and O–H groups in total.